The van der Waals surface area contributed by atoms with Gasteiger partial charge in [0.1, 0.15) is 5.82 Å². The van der Waals surface area contributed by atoms with Gasteiger partial charge in [0, 0.05) is 36.6 Å². The zero-order chi connectivity index (χ0) is 18.2. The average Bonchev–Trinajstić information content (AvgIpc) is 2.97. The zero-order valence-corrected chi connectivity index (χ0v) is 15.2. The molecule has 136 valence electrons. The summed E-state index contributed by atoms with van der Waals surface area (Å²) >= 11 is 13.0. The van der Waals surface area contributed by atoms with Gasteiger partial charge in [-0.2, -0.15) is 13.2 Å². The molecule has 2 heterocycles. The molecule has 1 aromatic carbocycles. The standard InChI is InChI=1S/C16H14Cl2F4N2S/c17-11-8-9(16(20,21)22)7-10(14(11)19)15(12-1-2-13(18)25-12)24-5-3-23-4-6-24/h1-2,7-8,15,23H,3-6H2/t15-/m1/s1. The van der Waals surface area contributed by atoms with Crippen LogP contribution in [0.4, 0.5) is 17.6 Å². The molecule has 0 unspecified atom stereocenters. The Morgan fingerprint density at radius 3 is 2.36 bits per heavy atom. The van der Waals surface area contributed by atoms with Crippen molar-refractivity contribution in [3.05, 3.63) is 55.4 Å². The van der Waals surface area contributed by atoms with Gasteiger partial charge < -0.3 is 5.32 Å². The Kier molecular flexibility index (Phi) is 5.60. The fourth-order valence-electron chi connectivity index (χ4n) is 2.92. The zero-order valence-electron chi connectivity index (χ0n) is 12.8. The molecule has 9 heteroatoms. The van der Waals surface area contributed by atoms with Crippen LogP contribution < -0.4 is 5.32 Å². The van der Waals surface area contributed by atoms with Gasteiger partial charge in [0.05, 0.1) is 21.0 Å². The van der Waals surface area contributed by atoms with Crippen LogP contribution in [0.25, 0.3) is 0 Å². The van der Waals surface area contributed by atoms with E-state index in [0.717, 1.165) is 6.07 Å². The van der Waals surface area contributed by atoms with Gasteiger partial charge in [-0.3, -0.25) is 4.90 Å². The third-order valence-corrected chi connectivity index (χ3v) is 5.62. The summed E-state index contributed by atoms with van der Waals surface area (Å²) in [5.74, 6) is -0.831. The topological polar surface area (TPSA) is 15.3 Å². The molecule has 1 N–H and O–H groups in total. The van der Waals surface area contributed by atoms with Crippen LogP contribution in [-0.4, -0.2) is 31.1 Å². The van der Waals surface area contributed by atoms with Gasteiger partial charge in [0.2, 0.25) is 0 Å². The molecule has 2 aromatic rings. The molecule has 0 saturated carbocycles. The number of alkyl halides is 3. The van der Waals surface area contributed by atoms with Crippen molar-refractivity contribution >= 4 is 34.5 Å². The van der Waals surface area contributed by atoms with Crippen LogP contribution in [0.2, 0.25) is 9.36 Å². The maximum atomic E-state index is 14.7. The lowest BCUT2D eigenvalue weighted by molar-refractivity contribution is -0.137. The highest BCUT2D eigenvalue weighted by Gasteiger charge is 2.35. The Hall–Kier alpha value is -0.860. The van der Waals surface area contributed by atoms with E-state index in [1.54, 1.807) is 12.1 Å². The summed E-state index contributed by atoms with van der Waals surface area (Å²) in [6.45, 7) is 2.49. The smallest absolute Gasteiger partial charge is 0.314 e. The first-order valence-corrected chi connectivity index (χ1v) is 9.11. The molecule has 1 atom stereocenters. The minimum atomic E-state index is -4.60. The molecular weight excluding hydrogens is 399 g/mol. The molecule has 25 heavy (non-hydrogen) atoms. The van der Waals surface area contributed by atoms with Crippen molar-refractivity contribution in [3.8, 4) is 0 Å². The third kappa shape index (κ3) is 4.11. The summed E-state index contributed by atoms with van der Waals surface area (Å²) < 4.78 is 54.7. The fraction of sp³-hybridized carbons (Fsp3) is 0.375. The van der Waals surface area contributed by atoms with E-state index in [2.05, 4.69) is 5.32 Å². The van der Waals surface area contributed by atoms with E-state index in [4.69, 9.17) is 23.2 Å². The molecule has 1 aliphatic heterocycles. The van der Waals surface area contributed by atoms with Crippen molar-refractivity contribution in [1.82, 2.24) is 10.2 Å². The lowest BCUT2D eigenvalue weighted by atomic mass is 9.99. The maximum absolute atomic E-state index is 14.7. The summed E-state index contributed by atoms with van der Waals surface area (Å²) in [6.07, 6.45) is -4.60. The van der Waals surface area contributed by atoms with E-state index in [9.17, 15) is 17.6 Å². The Bertz CT molecular complexity index is 757. The number of hydrogen-bond donors (Lipinski definition) is 1. The molecule has 3 rings (SSSR count). The first-order chi connectivity index (χ1) is 11.8. The summed E-state index contributed by atoms with van der Waals surface area (Å²) in [5.41, 5.74) is -1.04. The summed E-state index contributed by atoms with van der Waals surface area (Å²) in [5, 5.41) is 2.64. The van der Waals surface area contributed by atoms with E-state index in [1.807, 2.05) is 4.90 Å². The summed E-state index contributed by atoms with van der Waals surface area (Å²) in [7, 11) is 0. The normalized spacial score (nSPS) is 17.7. The van der Waals surface area contributed by atoms with Crippen molar-refractivity contribution in [2.45, 2.75) is 12.2 Å². The molecule has 0 radical (unpaired) electrons. The average molecular weight is 413 g/mol. The van der Waals surface area contributed by atoms with Crippen LogP contribution in [0.15, 0.2) is 24.3 Å². The van der Waals surface area contributed by atoms with Crippen LogP contribution in [0.3, 0.4) is 0 Å². The largest absolute Gasteiger partial charge is 0.416 e. The van der Waals surface area contributed by atoms with Gasteiger partial charge >= 0.3 is 6.18 Å². The monoisotopic (exact) mass is 412 g/mol. The van der Waals surface area contributed by atoms with E-state index in [1.165, 1.54) is 11.3 Å². The van der Waals surface area contributed by atoms with Gasteiger partial charge in [0.25, 0.3) is 0 Å². The minimum absolute atomic E-state index is 0.0831. The van der Waals surface area contributed by atoms with E-state index in [-0.39, 0.29) is 5.56 Å². The molecule has 1 saturated heterocycles. The summed E-state index contributed by atoms with van der Waals surface area (Å²) in [6, 6.07) is 4.18. The van der Waals surface area contributed by atoms with E-state index >= 15 is 0 Å². The Morgan fingerprint density at radius 2 is 1.80 bits per heavy atom. The number of hydrogen-bond acceptors (Lipinski definition) is 3. The molecule has 0 spiro atoms. The SMILES string of the molecule is Fc1c(Cl)cc(C(F)(F)F)cc1[C@H](c1ccc(Cl)s1)N1CCNCC1. The van der Waals surface area contributed by atoms with Gasteiger partial charge in [-0.25, -0.2) is 4.39 Å². The van der Waals surface area contributed by atoms with Gasteiger partial charge in [-0.15, -0.1) is 11.3 Å². The lowest BCUT2D eigenvalue weighted by Crippen LogP contribution is -2.45. The molecule has 1 fully saturated rings. The number of rotatable bonds is 3. The van der Waals surface area contributed by atoms with Gasteiger partial charge in [0.15, 0.2) is 0 Å². The van der Waals surface area contributed by atoms with Gasteiger partial charge in [-0.1, -0.05) is 23.2 Å². The second-order valence-corrected chi connectivity index (χ2v) is 7.84. The number of halogens is 6. The third-order valence-electron chi connectivity index (χ3n) is 4.06. The Morgan fingerprint density at radius 1 is 1.12 bits per heavy atom. The fourth-order valence-corrected chi connectivity index (χ4v) is 4.36. The number of piperazine rings is 1. The highest BCUT2D eigenvalue weighted by Crippen LogP contribution is 2.41. The molecule has 0 bridgehead atoms. The molecule has 0 aliphatic carbocycles. The van der Waals surface area contributed by atoms with Crippen molar-refractivity contribution in [1.29, 1.82) is 0 Å². The van der Waals surface area contributed by atoms with Crippen molar-refractivity contribution in [2.24, 2.45) is 0 Å². The van der Waals surface area contributed by atoms with Crippen molar-refractivity contribution in [3.63, 3.8) is 0 Å². The van der Waals surface area contributed by atoms with Crippen LogP contribution >= 0.6 is 34.5 Å². The number of thiophene rings is 1. The molecule has 1 aliphatic rings. The quantitative estimate of drug-likeness (QED) is 0.696. The maximum Gasteiger partial charge on any atom is 0.416 e. The van der Waals surface area contributed by atoms with Gasteiger partial charge in [-0.05, 0) is 24.3 Å². The van der Waals surface area contributed by atoms with Crippen LogP contribution in [0.5, 0.6) is 0 Å². The predicted octanol–water partition coefficient (Wildman–Crippen LogP) is 5.21. The van der Waals surface area contributed by atoms with Crippen LogP contribution in [0, 0.1) is 5.82 Å². The van der Waals surface area contributed by atoms with Crippen LogP contribution in [0.1, 0.15) is 22.0 Å². The van der Waals surface area contributed by atoms with Crippen molar-refractivity contribution in [2.75, 3.05) is 26.2 Å². The van der Waals surface area contributed by atoms with Crippen LogP contribution in [-0.2, 0) is 6.18 Å². The summed E-state index contributed by atoms with van der Waals surface area (Å²) in [4.78, 5) is 2.62. The first-order valence-electron chi connectivity index (χ1n) is 7.53. The number of benzene rings is 1. The van der Waals surface area contributed by atoms with E-state index in [0.29, 0.717) is 41.5 Å². The number of nitrogens with one attached hydrogen (secondary N) is 1. The van der Waals surface area contributed by atoms with Crippen molar-refractivity contribution < 1.29 is 17.6 Å². The van der Waals surface area contributed by atoms with E-state index < -0.39 is 28.6 Å². The lowest BCUT2D eigenvalue weighted by Gasteiger charge is -2.35. The Labute approximate surface area is 156 Å². The molecule has 0 amide bonds. The highest BCUT2D eigenvalue weighted by molar-refractivity contribution is 7.16. The Balaban J connectivity index is 2.13. The minimum Gasteiger partial charge on any atom is -0.314 e. The molecule has 2 nitrogen and oxygen atoms in total. The highest BCUT2D eigenvalue weighted by atomic mass is 35.5. The molecule has 1 aromatic heterocycles. The second kappa shape index (κ2) is 7.40. The number of nitrogens with zero attached hydrogens (tertiary/aromatic N) is 1. The predicted molar refractivity (Wildman–Crippen MR) is 92.0 cm³/mol. The second-order valence-electron chi connectivity index (χ2n) is 5.69. The first kappa shape index (κ1) is 18.9. The molecular formula is C16H14Cl2F4N2S.